The normalized spacial score (nSPS) is 23.9. The number of hydrogen-bond donors (Lipinski definition) is 1. The lowest BCUT2D eigenvalue weighted by Gasteiger charge is -2.30. The molecular weight excluding hydrogens is 254 g/mol. The van der Waals surface area contributed by atoms with Crippen molar-refractivity contribution in [2.75, 3.05) is 24.5 Å². The van der Waals surface area contributed by atoms with Gasteiger partial charge in [0.25, 0.3) is 0 Å². The zero-order chi connectivity index (χ0) is 13.2. The molecule has 0 radical (unpaired) electrons. The predicted octanol–water partition coefficient (Wildman–Crippen LogP) is 3.37. The van der Waals surface area contributed by atoms with Gasteiger partial charge in [-0.15, -0.1) is 11.3 Å². The molecule has 1 aliphatic heterocycles. The van der Waals surface area contributed by atoms with Crippen LogP contribution in [0.3, 0.4) is 0 Å². The van der Waals surface area contributed by atoms with Crippen LogP contribution in [-0.2, 0) is 6.54 Å². The van der Waals surface area contributed by atoms with Gasteiger partial charge in [0.05, 0.1) is 5.69 Å². The Morgan fingerprint density at radius 1 is 1.37 bits per heavy atom. The van der Waals surface area contributed by atoms with Crippen molar-refractivity contribution in [3.05, 3.63) is 10.6 Å². The average molecular weight is 279 g/mol. The molecule has 3 rings (SSSR count). The zero-order valence-electron chi connectivity index (χ0n) is 12.1. The molecule has 1 unspecified atom stereocenters. The van der Waals surface area contributed by atoms with Gasteiger partial charge in [0.2, 0.25) is 0 Å². The zero-order valence-corrected chi connectivity index (χ0v) is 12.9. The molecule has 3 nitrogen and oxygen atoms in total. The van der Waals surface area contributed by atoms with Crippen LogP contribution in [0.15, 0.2) is 0 Å². The van der Waals surface area contributed by atoms with E-state index in [4.69, 9.17) is 4.98 Å². The number of thiazole rings is 1. The van der Waals surface area contributed by atoms with Crippen molar-refractivity contribution in [2.45, 2.75) is 52.0 Å². The van der Waals surface area contributed by atoms with Crippen molar-refractivity contribution in [1.82, 2.24) is 10.3 Å². The molecule has 0 aromatic carbocycles. The summed E-state index contributed by atoms with van der Waals surface area (Å²) in [6.45, 7) is 8.97. The van der Waals surface area contributed by atoms with Gasteiger partial charge in [-0.2, -0.15) is 0 Å². The molecule has 0 amide bonds. The SMILES string of the molecule is CCNCc1sc(N2CCCC(C)C2)nc1C1CC1. The second kappa shape index (κ2) is 5.80. The van der Waals surface area contributed by atoms with Gasteiger partial charge in [0.15, 0.2) is 5.13 Å². The first-order valence-corrected chi connectivity index (χ1v) is 8.54. The van der Waals surface area contributed by atoms with Crippen molar-refractivity contribution >= 4 is 16.5 Å². The minimum atomic E-state index is 0.765. The van der Waals surface area contributed by atoms with E-state index < -0.39 is 0 Å². The van der Waals surface area contributed by atoms with Gasteiger partial charge >= 0.3 is 0 Å². The number of piperidine rings is 1. The number of nitrogens with zero attached hydrogens (tertiary/aromatic N) is 2. The smallest absolute Gasteiger partial charge is 0.185 e. The summed E-state index contributed by atoms with van der Waals surface area (Å²) in [6.07, 6.45) is 5.39. The lowest BCUT2D eigenvalue weighted by molar-refractivity contribution is 0.446. The van der Waals surface area contributed by atoms with Crippen molar-refractivity contribution in [3.63, 3.8) is 0 Å². The summed E-state index contributed by atoms with van der Waals surface area (Å²) in [6, 6.07) is 0. The lowest BCUT2D eigenvalue weighted by atomic mass is 10.0. The maximum atomic E-state index is 4.99. The minimum absolute atomic E-state index is 0.765. The van der Waals surface area contributed by atoms with E-state index in [0.29, 0.717) is 0 Å². The van der Waals surface area contributed by atoms with Gasteiger partial charge in [-0.25, -0.2) is 4.98 Å². The number of nitrogens with one attached hydrogen (secondary N) is 1. The van der Waals surface area contributed by atoms with E-state index >= 15 is 0 Å². The Morgan fingerprint density at radius 2 is 2.21 bits per heavy atom. The molecule has 1 aromatic heterocycles. The van der Waals surface area contributed by atoms with Gasteiger partial charge in [-0.1, -0.05) is 13.8 Å². The number of aromatic nitrogens is 1. The van der Waals surface area contributed by atoms with E-state index in [2.05, 4.69) is 24.1 Å². The quantitative estimate of drug-likeness (QED) is 0.895. The van der Waals surface area contributed by atoms with E-state index in [1.54, 1.807) is 0 Å². The highest BCUT2D eigenvalue weighted by Gasteiger charge is 2.31. The Morgan fingerprint density at radius 3 is 2.89 bits per heavy atom. The first-order valence-electron chi connectivity index (χ1n) is 7.73. The Bertz CT molecular complexity index is 425. The van der Waals surface area contributed by atoms with Crippen LogP contribution in [-0.4, -0.2) is 24.6 Å². The van der Waals surface area contributed by atoms with E-state index in [1.807, 2.05) is 11.3 Å². The van der Waals surface area contributed by atoms with Gasteiger partial charge in [0, 0.05) is 30.4 Å². The Kier molecular flexibility index (Phi) is 4.08. The van der Waals surface area contributed by atoms with Crippen LogP contribution >= 0.6 is 11.3 Å². The summed E-state index contributed by atoms with van der Waals surface area (Å²) in [7, 11) is 0. The highest BCUT2D eigenvalue weighted by Crippen LogP contribution is 2.44. The van der Waals surface area contributed by atoms with Crippen LogP contribution in [0.2, 0.25) is 0 Å². The fourth-order valence-electron chi connectivity index (χ4n) is 2.89. The van der Waals surface area contributed by atoms with E-state index in [9.17, 15) is 0 Å². The molecule has 1 aliphatic carbocycles. The van der Waals surface area contributed by atoms with Gasteiger partial charge in [0.1, 0.15) is 0 Å². The van der Waals surface area contributed by atoms with Gasteiger partial charge in [-0.3, -0.25) is 0 Å². The third-order valence-electron chi connectivity index (χ3n) is 4.14. The summed E-state index contributed by atoms with van der Waals surface area (Å²) in [4.78, 5) is 8.99. The third kappa shape index (κ3) is 3.11. The molecule has 1 saturated heterocycles. The summed E-state index contributed by atoms with van der Waals surface area (Å²) in [5.41, 5.74) is 1.40. The molecular formula is C15H25N3S. The first kappa shape index (κ1) is 13.4. The molecule has 0 bridgehead atoms. The fraction of sp³-hybridized carbons (Fsp3) is 0.800. The highest BCUT2D eigenvalue weighted by atomic mass is 32.1. The fourth-order valence-corrected chi connectivity index (χ4v) is 4.04. The molecule has 1 N–H and O–H groups in total. The molecule has 19 heavy (non-hydrogen) atoms. The Hall–Kier alpha value is -0.610. The van der Waals surface area contributed by atoms with Crippen LogP contribution in [0.5, 0.6) is 0 Å². The standard InChI is InChI=1S/C15H25N3S/c1-3-16-9-13-14(12-6-7-12)17-15(19-13)18-8-4-5-11(2)10-18/h11-12,16H,3-10H2,1-2H3. The van der Waals surface area contributed by atoms with Crippen LogP contribution in [0.1, 0.15) is 56.0 Å². The molecule has 1 aromatic rings. The second-order valence-corrected chi connectivity index (χ2v) is 7.11. The van der Waals surface area contributed by atoms with Crippen molar-refractivity contribution in [3.8, 4) is 0 Å². The van der Waals surface area contributed by atoms with Crippen molar-refractivity contribution < 1.29 is 0 Å². The molecule has 2 aliphatic rings. The maximum absolute atomic E-state index is 4.99. The van der Waals surface area contributed by atoms with Crippen LogP contribution < -0.4 is 10.2 Å². The molecule has 4 heteroatoms. The summed E-state index contributed by atoms with van der Waals surface area (Å²) in [5, 5.41) is 4.74. The summed E-state index contributed by atoms with van der Waals surface area (Å²) >= 11 is 1.93. The second-order valence-electron chi connectivity index (χ2n) is 6.05. The summed E-state index contributed by atoms with van der Waals surface area (Å²) < 4.78 is 0. The lowest BCUT2D eigenvalue weighted by Crippen LogP contribution is -2.34. The third-order valence-corrected chi connectivity index (χ3v) is 5.28. The summed E-state index contributed by atoms with van der Waals surface area (Å²) in [5.74, 6) is 1.58. The molecule has 0 spiro atoms. The Balaban J connectivity index is 1.77. The number of anilines is 1. The van der Waals surface area contributed by atoms with Crippen LogP contribution in [0.25, 0.3) is 0 Å². The predicted molar refractivity (Wildman–Crippen MR) is 82.1 cm³/mol. The van der Waals surface area contributed by atoms with Gasteiger partial charge < -0.3 is 10.2 Å². The highest BCUT2D eigenvalue weighted by molar-refractivity contribution is 7.15. The molecule has 2 fully saturated rings. The molecule has 1 saturated carbocycles. The van der Waals surface area contributed by atoms with E-state index in [-0.39, 0.29) is 0 Å². The molecule has 2 heterocycles. The van der Waals surface area contributed by atoms with E-state index in [0.717, 1.165) is 24.9 Å². The topological polar surface area (TPSA) is 28.2 Å². The van der Waals surface area contributed by atoms with Crippen LogP contribution in [0.4, 0.5) is 5.13 Å². The maximum Gasteiger partial charge on any atom is 0.185 e. The minimum Gasteiger partial charge on any atom is -0.348 e. The largest absolute Gasteiger partial charge is 0.348 e. The van der Waals surface area contributed by atoms with E-state index in [1.165, 1.54) is 54.5 Å². The monoisotopic (exact) mass is 279 g/mol. The van der Waals surface area contributed by atoms with Crippen LogP contribution in [0, 0.1) is 5.92 Å². The number of hydrogen-bond acceptors (Lipinski definition) is 4. The molecule has 1 atom stereocenters. The average Bonchev–Trinajstić information content (AvgIpc) is 3.17. The van der Waals surface area contributed by atoms with Gasteiger partial charge in [-0.05, 0) is 38.1 Å². The first-order chi connectivity index (χ1) is 9.28. The molecule has 106 valence electrons. The van der Waals surface area contributed by atoms with Crippen molar-refractivity contribution in [1.29, 1.82) is 0 Å². The number of rotatable bonds is 5. The van der Waals surface area contributed by atoms with Crippen molar-refractivity contribution in [2.24, 2.45) is 5.92 Å². The Labute approximate surface area is 120 Å².